The Kier molecular flexibility index (Phi) is 7.10. The molecule has 1 amide bonds. The van der Waals surface area contributed by atoms with E-state index < -0.39 is 30.7 Å². The minimum Gasteiger partial charge on any atom is -0.368 e. The molecule has 0 spiro atoms. The number of nitriles is 1. The molecule has 1 aliphatic rings. The summed E-state index contributed by atoms with van der Waals surface area (Å²) in [6, 6.07) is 4.23. The molecule has 28 heavy (non-hydrogen) atoms. The number of halogens is 3. The summed E-state index contributed by atoms with van der Waals surface area (Å²) in [7, 11) is 0. The second-order valence-electron chi connectivity index (χ2n) is 7.49. The summed E-state index contributed by atoms with van der Waals surface area (Å²) in [6.45, 7) is 3.01. The Balaban J connectivity index is 2.40. The second-order valence-corrected chi connectivity index (χ2v) is 7.49. The van der Waals surface area contributed by atoms with Gasteiger partial charge < -0.3 is 5.73 Å². The molecule has 0 heterocycles. The first-order chi connectivity index (χ1) is 13.1. The van der Waals surface area contributed by atoms with Gasteiger partial charge in [0.05, 0.1) is 18.7 Å². The molecule has 2 N–H and O–H groups in total. The topological polar surface area (TPSA) is 70.1 Å². The van der Waals surface area contributed by atoms with Gasteiger partial charge in [-0.1, -0.05) is 37.8 Å². The predicted molar refractivity (Wildman–Crippen MR) is 99.6 cm³/mol. The Bertz CT molecular complexity index is 780. The number of carbonyl (C=O) groups excluding carboxylic acids is 1. The van der Waals surface area contributed by atoms with Crippen molar-refractivity contribution in [3.8, 4) is 17.9 Å². The van der Waals surface area contributed by atoms with Crippen LogP contribution < -0.4 is 5.73 Å². The highest BCUT2D eigenvalue weighted by Crippen LogP contribution is 2.39. The summed E-state index contributed by atoms with van der Waals surface area (Å²) in [5.41, 5.74) is 5.99. The monoisotopic (exact) mass is 391 g/mol. The molecule has 2 atom stereocenters. The largest absolute Gasteiger partial charge is 0.408 e. The Morgan fingerprint density at radius 1 is 1.29 bits per heavy atom. The maximum atomic E-state index is 14.0. The van der Waals surface area contributed by atoms with Crippen molar-refractivity contribution in [3.05, 3.63) is 35.4 Å². The van der Waals surface area contributed by atoms with Crippen molar-refractivity contribution in [3.63, 3.8) is 0 Å². The molecule has 2 rings (SSSR count). The molecule has 4 nitrogen and oxygen atoms in total. The summed E-state index contributed by atoms with van der Waals surface area (Å²) in [5.74, 6) is 5.48. The van der Waals surface area contributed by atoms with Crippen LogP contribution in [-0.2, 0) is 4.79 Å². The molecule has 1 fully saturated rings. The molecule has 0 unspecified atom stereocenters. The van der Waals surface area contributed by atoms with Crippen LogP contribution in [0.1, 0.15) is 50.3 Å². The minimum atomic E-state index is -4.68. The lowest BCUT2D eigenvalue weighted by Crippen LogP contribution is -2.51. The number of alkyl halides is 3. The summed E-state index contributed by atoms with van der Waals surface area (Å²) in [6.07, 6.45) is -2.42. The third-order valence-electron chi connectivity index (χ3n) is 4.54. The van der Waals surface area contributed by atoms with E-state index in [1.807, 2.05) is 0 Å². The fraction of sp³-hybridized carbons (Fsp3) is 0.524. The van der Waals surface area contributed by atoms with Gasteiger partial charge in [-0.05, 0) is 42.9 Å². The number of hydrogen-bond acceptors (Lipinski definition) is 3. The predicted octanol–water partition coefficient (Wildman–Crippen LogP) is 3.78. The standard InChI is InChI=1S/C21H24F3N3O/c1-14(2)13-18(20(26)28)27(12-11-25)19(21(22,23)24)17-9-7-16(8-10-17)6-5-15-3-4-15/h7-10,14-15,18-19H,3-4,12-13H2,1-2H3,(H2,26,28)/t18-,19-/m0/s1. The van der Waals surface area contributed by atoms with Gasteiger partial charge >= 0.3 is 6.18 Å². The van der Waals surface area contributed by atoms with Gasteiger partial charge in [0, 0.05) is 11.5 Å². The lowest BCUT2D eigenvalue weighted by molar-refractivity contribution is -0.192. The van der Waals surface area contributed by atoms with Crippen molar-refractivity contribution in [1.29, 1.82) is 5.26 Å². The van der Waals surface area contributed by atoms with Crippen molar-refractivity contribution in [2.75, 3.05) is 6.54 Å². The zero-order valence-corrected chi connectivity index (χ0v) is 16.0. The van der Waals surface area contributed by atoms with Crippen molar-refractivity contribution >= 4 is 5.91 Å². The van der Waals surface area contributed by atoms with Crippen LogP contribution in [0.25, 0.3) is 0 Å². The highest BCUT2D eigenvalue weighted by atomic mass is 19.4. The lowest BCUT2D eigenvalue weighted by Gasteiger charge is -2.36. The maximum Gasteiger partial charge on any atom is 0.408 e. The van der Waals surface area contributed by atoms with Crippen molar-refractivity contribution in [2.45, 2.75) is 51.4 Å². The lowest BCUT2D eigenvalue weighted by atomic mass is 9.96. The van der Waals surface area contributed by atoms with Crippen LogP contribution in [0.15, 0.2) is 24.3 Å². The third-order valence-corrected chi connectivity index (χ3v) is 4.54. The van der Waals surface area contributed by atoms with Crippen molar-refractivity contribution < 1.29 is 18.0 Å². The van der Waals surface area contributed by atoms with E-state index in [-0.39, 0.29) is 17.9 Å². The van der Waals surface area contributed by atoms with Crippen molar-refractivity contribution in [1.82, 2.24) is 4.90 Å². The summed E-state index contributed by atoms with van der Waals surface area (Å²) < 4.78 is 41.9. The molecule has 0 saturated heterocycles. The van der Waals surface area contributed by atoms with Gasteiger partial charge in [-0.3, -0.25) is 9.69 Å². The molecule has 0 aromatic heterocycles. The van der Waals surface area contributed by atoms with Gasteiger partial charge in [-0.2, -0.15) is 18.4 Å². The number of benzene rings is 1. The molecule has 1 aromatic carbocycles. The number of hydrogen-bond donors (Lipinski definition) is 1. The number of nitrogens with two attached hydrogens (primary N) is 1. The molecular weight excluding hydrogens is 367 g/mol. The van der Waals surface area contributed by atoms with E-state index in [1.54, 1.807) is 19.9 Å². The van der Waals surface area contributed by atoms with E-state index in [2.05, 4.69) is 11.8 Å². The first-order valence-electron chi connectivity index (χ1n) is 9.23. The fourth-order valence-corrected chi connectivity index (χ4v) is 3.05. The average Bonchev–Trinajstić information content (AvgIpc) is 3.41. The zero-order valence-electron chi connectivity index (χ0n) is 16.0. The van der Waals surface area contributed by atoms with Crippen LogP contribution in [0, 0.1) is 35.0 Å². The molecule has 0 bridgehead atoms. The quantitative estimate of drug-likeness (QED) is 0.568. The van der Waals surface area contributed by atoms with E-state index in [0.29, 0.717) is 11.5 Å². The summed E-state index contributed by atoms with van der Waals surface area (Å²) >= 11 is 0. The number of amides is 1. The smallest absolute Gasteiger partial charge is 0.368 e. The maximum absolute atomic E-state index is 14.0. The highest BCUT2D eigenvalue weighted by Gasteiger charge is 2.47. The molecule has 1 aliphatic carbocycles. The molecule has 1 saturated carbocycles. The SMILES string of the molecule is CC(C)C[C@@H](C(N)=O)N(CC#N)[C@@H](c1ccc(C#CC2CC2)cc1)C(F)(F)F. The zero-order chi connectivity index (χ0) is 20.9. The van der Waals surface area contributed by atoms with E-state index in [4.69, 9.17) is 11.0 Å². The molecule has 7 heteroatoms. The molecule has 0 aliphatic heterocycles. The van der Waals surface area contributed by atoms with E-state index in [9.17, 15) is 18.0 Å². The van der Waals surface area contributed by atoms with Crippen molar-refractivity contribution in [2.24, 2.45) is 17.6 Å². The summed E-state index contributed by atoms with van der Waals surface area (Å²) in [4.78, 5) is 12.8. The van der Waals surface area contributed by atoms with Gasteiger partial charge in [-0.15, -0.1) is 0 Å². The van der Waals surface area contributed by atoms with Crippen LogP contribution in [0.4, 0.5) is 13.2 Å². The van der Waals surface area contributed by atoms with Gasteiger partial charge in [0.2, 0.25) is 5.91 Å². The molecular formula is C21H24F3N3O. The summed E-state index contributed by atoms with van der Waals surface area (Å²) in [5, 5.41) is 9.11. The van der Waals surface area contributed by atoms with E-state index in [1.165, 1.54) is 24.3 Å². The first-order valence-corrected chi connectivity index (χ1v) is 9.23. The van der Waals surface area contributed by atoms with Crippen LogP contribution in [0.5, 0.6) is 0 Å². The van der Waals surface area contributed by atoms with E-state index in [0.717, 1.165) is 17.7 Å². The van der Waals surface area contributed by atoms with Crippen LogP contribution >= 0.6 is 0 Å². The van der Waals surface area contributed by atoms with E-state index >= 15 is 0 Å². The number of primary amides is 1. The Morgan fingerprint density at radius 3 is 2.32 bits per heavy atom. The number of carbonyl (C=O) groups is 1. The fourth-order valence-electron chi connectivity index (χ4n) is 3.05. The number of nitrogens with zero attached hydrogens (tertiary/aromatic N) is 2. The highest BCUT2D eigenvalue weighted by molar-refractivity contribution is 5.80. The Morgan fingerprint density at radius 2 is 1.89 bits per heavy atom. The van der Waals surface area contributed by atoms with Gasteiger partial charge in [0.1, 0.15) is 6.04 Å². The molecule has 0 radical (unpaired) electrons. The second kappa shape index (κ2) is 9.12. The van der Waals surface area contributed by atoms with Gasteiger partial charge in [0.15, 0.2) is 0 Å². The minimum absolute atomic E-state index is 0.0465. The first kappa shape index (κ1) is 21.8. The van der Waals surface area contributed by atoms with Crippen LogP contribution in [-0.4, -0.2) is 29.6 Å². The number of rotatable bonds is 7. The molecule has 150 valence electrons. The van der Waals surface area contributed by atoms with Gasteiger partial charge in [-0.25, -0.2) is 0 Å². The van der Waals surface area contributed by atoms with Crippen LogP contribution in [0.3, 0.4) is 0 Å². The average molecular weight is 391 g/mol. The molecule has 1 aromatic rings. The Hall–Kier alpha value is -2.51. The third kappa shape index (κ3) is 6.00. The normalized spacial score (nSPS) is 16.2. The van der Waals surface area contributed by atoms with Crippen LogP contribution in [0.2, 0.25) is 0 Å². The van der Waals surface area contributed by atoms with Gasteiger partial charge in [0.25, 0.3) is 0 Å². The Labute approximate surface area is 163 Å².